The van der Waals surface area contributed by atoms with Crippen molar-refractivity contribution in [1.82, 2.24) is 14.7 Å². The van der Waals surface area contributed by atoms with Gasteiger partial charge in [-0.2, -0.15) is 0 Å². The van der Waals surface area contributed by atoms with E-state index >= 15 is 0 Å². The highest BCUT2D eigenvalue weighted by Gasteiger charge is 2.34. The fraction of sp³-hybridized carbons (Fsp3) is 0.550. The first-order valence-electron chi connectivity index (χ1n) is 10.5. The third-order valence-electron chi connectivity index (χ3n) is 5.85. The number of sulfonamides is 1. The zero-order valence-electron chi connectivity index (χ0n) is 17.8. The number of anilines is 1. The fourth-order valence-electron chi connectivity index (χ4n) is 4.02. The first-order valence-corrected chi connectivity index (χ1v) is 13.0. The Balaban J connectivity index is 1.38. The van der Waals surface area contributed by atoms with Crippen molar-refractivity contribution in [3.8, 4) is 0 Å². The Labute approximate surface area is 187 Å². The van der Waals surface area contributed by atoms with E-state index in [0.29, 0.717) is 63.1 Å². The molecule has 0 aliphatic carbocycles. The highest BCUT2D eigenvalue weighted by molar-refractivity contribution is 8.15. The van der Waals surface area contributed by atoms with E-state index in [4.69, 9.17) is 0 Å². The van der Waals surface area contributed by atoms with E-state index < -0.39 is 10.0 Å². The highest BCUT2D eigenvalue weighted by Crippen LogP contribution is 2.42. The van der Waals surface area contributed by atoms with Crippen molar-refractivity contribution >= 4 is 44.5 Å². The second-order valence-corrected chi connectivity index (χ2v) is 10.5. The van der Waals surface area contributed by atoms with Crippen LogP contribution in [0.3, 0.4) is 0 Å². The molecule has 1 aromatic carbocycles. The quantitative estimate of drug-likeness (QED) is 0.638. The van der Waals surface area contributed by atoms with Gasteiger partial charge in [0.05, 0.1) is 18.0 Å². The number of hydrogen-bond donors (Lipinski definition) is 0. The lowest BCUT2D eigenvalue weighted by Crippen LogP contribution is -2.51. The summed E-state index contributed by atoms with van der Waals surface area (Å²) in [6.07, 6.45) is 0. The molecule has 0 spiro atoms. The summed E-state index contributed by atoms with van der Waals surface area (Å²) in [5, 5.41) is 0.456. The van der Waals surface area contributed by atoms with Crippen LogP contribution < -0.4 is 4.90 Å². The second kappa shape index (κ2) is 8.79. The number of hydrogen-bond acceptors (Lipinski definition) is 7. The van der Waals surface area contributed by atoms with Crippen molar-refractivity contribution in [2.24, 2.45) is 4.40 Å². The fourth-order valence-corrected chi connectivity index (χ4v) is 6.32. The number of piperazine rings is 1. The van der Waals surface area contributed by atoms with Crippen molar-refractivity contribution < 1.29 is 18.0 Å². The molecule has 0 N–H and O–H groups in total. The van der Waals surface area contributed by atoms with Crippen LogP contribution in [0.5, 0.6) is 0 Å². The average molecular weight is 466 g/mol. The van der Waals surface area contributed by atoms with Gasteiger partial charge in [-0.05, 0) is 43.8 Å². The molecule has 3 aliphatic heterocycles. The van der Waals surface area contributed by atoms with Crippen molar-refractivity contribution in [2.45, 2.75) is 18.7 Å². The van der Waals surface area contributed by atoms with Gasteiger partial charge < -0.3 is 14.7 Å². The van der Waals surface area contributed by atoms with Gasteiger partial charge in [0, 0.05) is 56.3 Å². The summed E-state index contributed by atoms with van der Waals surface area (Å²) >= 11 is 1.29. The van der Waals surface area contributed by atoms with Crippen LogP contribution in [-0.4, -0.2) is 98.2 Å². The molecule has 3 aliphatic rings. The lowest BCUT2D eigenvalue weighted by atomic mass is 10.1. The molecule has 0 unspecified atom stereocenters. The SMILES string of the molecule is CCN(CC)C(=O)CN1CCN(C(=O)c2ccc3c(c2)SC2=NS(=O)(=O)CCN23)CC1. The first kappa shape index (κ1) is 22.1. The van der Waals surface area contributed by atoms with Crippen LogP contribution in [0, 0.1) is 0 Å². The van der Waals surface area contributed by atoms with E-state index in [1.165, 1.54) is 11.8 Å². The summed E-state index contributed by atoms with van der Waals surface area (Å²) in [7, 11) is -3.40. The third-order valence-corrected chi connectivity index (χ3v) is 8.16. The van der Waals surface area contributed by atoms with Crippen molar-refractivity contribution in [3.63, 3.8) is 0 Å². The van der Waals surface area contributed by atoms with E-state index in [1.54, 1.807) is 6.07 Å². The molecule has 1 saturated heterocycles. The number of carbonyl (C=O) groups excluding carboxylic acids is 2. The number of likely N-dealkylation sites (N-methyl/N-ethyl adjacent to an activating group) is 1. The molecule has 4 rings (SSSR count). The number of amides is 2. The topological polar surface area (TPSA) is 93.6 Å². The molecule has 31 heavy (non-hydrogen) atoms. The van der Waals surface area contributed by atoms with Gasteiger partial charge in [-0.1, -0.05) is 0 Å². The van der Waals surface area contributed by atoms with Crippen molar-refractivity contribution in [1.29, 1.82) is 0 Å². The summed E-state index contributed by atoms with van der Waals surface area (Å²) in [6.45, 7) is 8.62. The van der Waals surface area contributed by atoms with Crippen LogP contribution in [0.25, 0.3) is 0 Å². The minimum absolute atomic E-state index is 0.00175. The summed E-state index contributed by atoms with van der Waals surface area (Å²) in [4.78, 5) is 33.8. The largest absolute Gasteiger partial charge is 0.342 e. The number of nitrogens with zero attached hydrogens (tertiary/aromatic N) is 5. The molecular formula is C20H27N5O4S2. The van der Waals surface area contributed by atoms with Gasteiger partial charge in [-0.3, -0.25) is 14.5 Å². The van der Waals surface area contributed by atoms with Crippen LogP contribution in [0.2, 0.25) is 0 Å². The van der Waals surface area contributed by atoms with Crippen LogP contribution in [0.15, 0.2) is 27.5 Å². The van der Waals surface area contributed by atoms with Gasteiger partial charge in [0.25, 0.3) is 15.9 Å². The Kier molecular flexibility index (Phi) is 6.27. The highest BCUT2D eigenvalue weighted by atomic mass is 32.2. The lowest BCUT2D eigenvalue weighted by molar-refractivity contribution is -0.132. The molecule has 0 saturated carbocycles. The average Bonchev–Trinajstić information content (AvgIpc) is 3.10. The van der Waals surface area contributed by atoms with E-state index in [-0.39, 0.29) is 17.6 Å². The van der Waals surface area contributed by atoms with Gasteiger partial charge in [-0.15, -0.1) is 4.40 Å². The molecule has 0 atom stereocenters. The van der Waals surface area contributed by atoms with Gasteiger partial charge in [0.2, 0.25) is 5.91 Å². The monoisotopic (exact) mass is 465 g/mol. The van der Waals surface area contributed by atoms with Crippen molar-refractivity contribution in [3.05, 3.63) is 23.8 Å². The first-order chi connectivity index (χ1) is 14.8. The summed E-state index contributed by atoms with van der Waals surface area (Å²) in [5.41, 5.74) is 1.48. The molecule has 1 aromatic rings. The van der Waals surface area contributed by atoms with E-state index in [0.717, 1.165) is 10.6 Å². The smallest absolute Gasteiger partial charge is 0.257 e. The molecular weight excluding hydrogens is 438 g/mol. The Hall–Kier alpha value is -2.11. The lowest BCUT2D eigenvalue weighted by Gasteiger charge is -2.35. The van der Waals surface area contributed by atoms with Crippen LogP contribution in [0.1, 0.15) is 24.2 Å². The number of carbonyl (C=O) groups is 2. The minimum Gasteiger partial charge on any atom is -0.342 e. The minimum atomic E-state index is -3.40. The number of rotatable bonds is 5. The third kappa shape index (κ3) is 4.58. The normalized spacial score (nSPS) is 20.1. The van der Waals surface area contributed by atoms with Gasteiger partial charge >= 0.3 is 0 Å². The molecule has 0 aromatic heterocycles. The number of amidine groups is 1. The van der Waals surface area contributed by atoms with Crippen LogP contribution in [-0.2, 0) is 14.8 Å². The number of benzene rings is 1. The molecule has 0 bridgehead atoms. The maximum atomic E-state index is 13.0. The molecule has 0 radical (unpaired) electrons. The molecule has 9 nitrogen and oxygen atoms in total. The standard InChI is InChI=1S/C20H27N5O4S2/c1-3-23(4-2)18(26)14-22-7-9-24(10-8-22)19(27)15-5-6-16-17(13-15)30-20-21-31(28,29)12-11-25(16)20/h5-6,13H,3-4,7-12,14H2,1-2H3. The van der Waals surface area contributed by atoms with E-state index in [9.17, 15) is 18.0 Å². The van der Waals surface area contributed by atoms with Gasteiger partial charge in [0.1, 0.15) is 0 Å². The molecule has 3 heterocycles. The van der Waals surface area contributed by atoms with E-state index in [1.807, 2.05) is 40.7 Å². The maximum Gasteiger partial charge on any atom is 0.257 e. The Morgan fingerprint density at radius 1 is 1.10 bits per heavy atom. The summed E-state index contributed by atoms with van der Waals surface area (Å²) < 4.78 is 27.4. The Morgan fingerprint density at radius 2 is 1.81 bits per heavy atom. The molecule has 1 fully saturated rings. The molecule has 2 amide bonds. The molecule has 168 valence electrons. The number of fused-ring (bicyclic) bond motifs is 3. The zero-order valence-corrected chi connectivity index (χ0v) is 19.4. The van der Waals surface area contributed by atoms with Gasteiger partial charge in [-0.25, -0.2) is 8.42 Å². The molecule has 11 heteroatoms. The van der Waals surface area contributed by atoms with E-state index in [2.05, 4.69) is 9.30 Å². The predicted molar refractivity (Wildman–Crippen MR) is 121 cm³/mol. The van der Waals surface area contributed by atoms with Gasteiger partial charge in [0.15, 0.2) is 5.17 Å². The number of thioether (sulfide) groups is 1. The summed E-state index contributed by atoms with van der Waals surface area (Å²) in [5.74, 6) is 0.0810. The van der Waals surface area contributed by atoms with Crippen molar-refractivity contribution in [2.75, 3.05) is 63.0 Å². The van der Waals surface area contributed by atoms with Crippen LogP contribution >= 0.6 is 11.8 Å². The Morgan fingerprint density at radius 3 is 2.48 bits per heavy atom. The Bertz CT molecular complexity index is 1010. The predicted octanol–water partition coefficient (Wildman–Crippen LogP) is 0.924. The van der Waals surface area contributed by atoms with Crippen LogP contribution in [0.4, 0.5) is 5.69 Å². The zero-order chi connectivity index (χ0) is 22.2. The second-order valence-electron chi connectivity index (χ2n) is 7.73. The maximum absolute atomic E-state index is 13.0. The summed E-state index contributed by atoms with van der Waals surface area (Å²) in [6, 6.07) is 5.49.